The molecule has 1 saturated heterocycles. The fraction of sp³-hybridized carbons (Fsp3) is 0.929. The molecule has 1 amide bonds. The summed E-state index contributed by atoms with van der Waals surface area (Å²) in [6, 6.07) is 0. The van der Waals surface area contributed by atoms with Crippen molar-refractivity contribution >= 4 is 5.91 Å². The first-order chi connectivity index (χ1) is 7.49. The molecule has 0 aromatic carbocycles. The fourth-order valence-electron chi connectivity index (χ4n) is 3.74. The molecule has 2 atom stereocenters. The number of hydrogen-bond donors (Lipinski definition) is 1. The van der Waals surface area contributed by atoms with E-state index in [1.807, 2.05) is 0 Å². The van der Waals surface area contributed by atoms with Crippen LogP contribution in [0.3, 0.4) is 0 Å². The molecule has 0 aromatic heterocycles. The molecule has 2 aliphatic rings. The third-order valence-electron chi connectivity index (χ3n) is 5.15. The van der Waals surface area contributed by atoms with Gasteiger partial charge in [-0.25, -0.2) is 0 Å². The predicted molar refractivity (Wildman–Crippen MR) is 66.1 cm³/mol. The Kier molecular flexibility index (Phi) is 3.02. The van der Waals surface area contributed by atoms with Gasteiger partial charge in [0.05, 0.1) is 0 Å². The average molecular weight is 223 g/mol. The Bertz CT molecular complexity index is 284. The van der Waals surface area contributed by atoms with Crippen molar-refractivity contribution in [1.29, 1.82) is 0 Å². The third-order valence-corrected chi connectivity index (χ3v) is 5.15. The van der Waals surface area contributed by atoms with E-state index in [2.05, 4.69) is 26.1 Å². The van der Waals surface area contributed by atoms with E-state index in [4.69, 9.17) is 0 Å². The SMILES string of the molecule is CCC1CCCC2(CC1)CC(=O)NC2(C)C. The average Bonchev–Trinajstić information content (AvgIpc) is 2.38. The van der Waals surface area contributed by atoms with Gasteiger partial charge in [-0.05, 0) is 39.0 Å². The third kappa shape index (κ3) is 1.87. The normalized spacial score (nSPS) is 38.4. The first kappa shape index (κ1) is 11.9. The van der Waals surface area contributed by atoms with Crippen LogP contribution in [0.2, 0.25) is 0 Å². The monoisotopic (exact) mass is 223 g/mol. The van der Waals surface area contributed by atoms with Gasteiger partial charge in [-0.15, -0.1) is 0 Å². The minimum Gasteiger partial charge on any atom is -0.351 e. The quantitative estimate of drug-likeness (QED) is 0.726. The molecule has 16 heavy (non-hydrogen) atoms. The summed E-state index contributed by atoms with van der Waals surface area (Å²) in [5.74, 6) is 1.16. The Morgan fingerprint density at radius 1 is 1.31 bits per heavy atom. The van der Waals surface area contributed by atoms with Crippen molar-refractivity contribution in [3.8, 4) is 0 Å². The van der Waals surface area contributed by atoms with E-state index in [-0.39, 0.29) is 16.9 Å². The largest absolute Gasteiger partial charge is 0.351 e. The van der Waals surface area contributed by atoms with Crippen molar-refractivity contribution < 1.29 is 4.79 Å². The van der Waals surface area contributed by atoms with E-state index in [1.165, 1.54) is 38.5 Å². The zero-order valence-electron chi connectivity index (χ0n) is 10.9. The Morgan fingerprint density at radius 3 is 2.62 bits per heavy atom. The molecular weight excluding hydrogens is 198 g/mol. The minimum atomic E-state index is 0.00666. The molecule has 92 valence electrons. The number of carbonyl (C=O) groups excluding carboxylic acids is 1. The van der Waals surface area contributed by atoms with Gasteiger partial charge in [-0.2, -0.15) is 0 Å². The van der Waals surface area contributed by atoms with Crippen LogP contribution >= 0.6 is 0 Å². The number of nitrogens with one attached hydrogen (secondary N) is 1. The summed E-state index contributed by atoms with van der Waals surface area (Å²) in [6.45, 7) is 6.72. The molecule has 1 heterocycles. The zero-order valence-corrected chi connectivity index (χ0v) is 10.9. The van der Waals surface area contributed by atoms with E-state index in [9.17, 15) is 4.79 Å². The fourth-order valence-corrected chi connectivity index (χ4v) is 3.74. The molecule has 1 N–H and O–H groups in total. The molecule has 0 radical (unpaired) electrons. The molecule has 1 spiro atoms. The van der Waals surface area contributed by atoms with Gasteiger partial charge in [-0.1, -0.05) is 26.2 Å². The van der Waals surface area contributed by atoms with Gasteiger partial charge in [0.25, 0.3) is 0 Å². The molecule has 1 aliphatic carbocycles. The molecule has 2 nitrogen and oxygen atoms in total. The van der Waals surface area contributed by atoms with Crippen molar-refractivity contribution in [2.24, 2.45) is 11.3 Å². The van der Waals surface area contributed by atoms with Crippen molar-refractivity contribution in [1.82, 2.24) is 5.32 Å². The summed E-state index contributed by atoms with van der Waals surface area (Å²) in [5.41, 5.74) is 0.251. The lowest BCUT2D eigenvalue weighted by Crippen LogP contribution is -2.46. The molecule has 0 aromatic rings. The summed E-state index contributed by atoms with van der Waals surface area (Å²) in [5, 5.41) is 3.18. The molecule has 2 rings (SSSR count). The van der Waals surface area contributed by atoms with Crippen LogP contribution in [-0.2, 0) is 4.79 Å². The van der Waals surface area contributed by atoms with E-state index >= 15 is 0 Å². The van der Waals surface area contributed by atoms with Gasteiger partial charge in [0, 0.05) is 17.4 Å². The zero-order chi connectivity index (χ0) is 11.8. The van der Waals surface area contributed by atoms with Gasteiger partial charge in [0.15, 0.2) is 0 Å². The Hall–Kier alpha value is -0.530. The second-order valence-electron chi connectivity index (χ2n) is 6.34. The maximum Gasteiger partial charge on any atom is 0.221 e. The smallest absolute Gasteiger partial charge is 0.221 e. The Labute approximate surface area is 99.2 Å². The van der Waals surface area contributed by atoms with Crippen LogP contribution in [0.5, 0.6) is 0 Å². The minimum absolute atomic E-state index is 0.00666. The van der Waals surface area contributed by atoms with Gasteiger partial charge in [0.1, 0.15) is 0 Å². The Morgan fingerprint density at radius 2 is 2.06 bits per heavy atom. The van der Waals surface area contributed by atoms with Gasteiger partial charge >= 0.3 is 0 Å². The molecule has 1 saturated carbocycles. The second kappa shape index (κ2) is 4.05. The highest BCUT2D eigenvalue weighted by atomic mass is 16.2. The maximum absolute atomic E-state index is 11.7. The number of rotatable bonds is 1. The highest BCUT2D eigenvalue weighted by Crippen LogP contribution is 2.50. The van der Waals surface area contributed by atoms with Crippen LogP contribution in [0.15, 0.2) is 0 Å². The Balaban J connectivity index is 2.16. The number of carbonyl (C=O) groups is 1. The van der Waals surface area contributed by atoms with E-state index < -0.39 is 0 Å². The van der Waals surface area contributed by atoms with Crippen LogP contribution in [0.25, 0.3) is 0 Å². The van der Waals surface area contributed by atoms with Crippen LogP contribution in [-0.4, -0.2) is 11.4 Å². The molecular formula is C14H25NO. The highest BCUT2D eigenvalue weighted by Gasteiger charge is 2.52. The van der Waals surface area contributed by atoms with E-state index in [1.54, 1.807) is 0 Å². The van der Waals surface area contributed by atoms with Crippen molar-refractivity contribution in [3.05, 3.63) is 0 Å². The topological polar surface area (TPSA) is 29.1 Å². The van der Waals surface area contributed by atoms with Gasteiger partial charge in [-0.3, -0.25) is 4.79 Å². The van der Waals surface area contributed by atoms with Crippen LogP contribution in [0.4, 0.5) is 0 Å². The number of hydrogen-bond acceptors (Lipinski definition) is 1. The van der Waals surface area contributed by atoms with E-state index in [0.717, 1.165) is 12.3 Å². The lowest BCUT2D eigenvalue weighted by molar-refractivity contribution is -0.120. The standard InChI is InChI=1S/C14H25NO/c1-4-11-6-5-8-14(9-7-11)10-12(16)15-13(14,2)3/h11H,4-10H2,1-3H3,(H,15,16). The van der Waals surface area contributed by atoms with Crippen molar-refractivity contribution in [3.63, 3.8) is 0 Å². The van der Waals surface area contributed by atoms with Crippen molar-refractivity contribution in [2.75, 3.05) is 0 Å². The first-order valence-electron chi connectivity index (χ1n) is 6.80. The van der Waals surface area contributed by atoms with Crippen LogP contribution in [0.1, 0.15) is 65.7 Å². The summed E-state index contributed by atoms with van der Waals surface area (Å²) >= 11 is 0. The lowest BCUT2D eigenvalue weighted by atomic mass is 9.67. The maximum atomic E-state index is 11.7. The summed E-state index contributed by atoms with van der Waals surface area (Å²) in [7, 11) is 0. The summed E-state index contributed by atoms with van der Waals surface area (Å²) in [4.78, 5) is 11.7. The van der Waals surface area contributed by atoms with E-state index in [0.29, 0.717) is 0 Å². The molecule has 0 bridgehead atoms. The molecule has 2 fully saturated rings. The molecule has 2 heteroatoms. The molecule has 1 aliphatic heterocycles. The predicted octanol–water partition coefficient (Wildman–Crippen LogP) is 3.26. The van der Waals surface area contributed by atoms with Crippen molar-refractivity contribution in [2.45, 2.75) is 71.3 Å². The highest BCUT2D eigenvalue weighted by molar-refractivity contribution is 5.80. The van der Waals surface area contributed by atoms with Gasteiger partial charge in [0.2, 0.25) is 5.91 Å². The summed E-state index contributed by atoms with van der Waals surface area (Å²) in [6.07, 6.45) is 8.51. The summed E-state index contributed by atoms with van der Waals surface area (Å²) < 4.78 is 0. The first-order valence-corrected chi connectivity index (χ1v) is 6.80. The van der Waals surface area contributed by atoms with Crippen LogP contribution in [0, 0.1) is 11.3 Å². The number of amides is 1. The second-order valence-corrected chi connectivity index (χ2v) is 6.34. The lowest BCUT2D eigenvalue weighted by Gasteiger charge is -2.40. The van der Waals surface area contributed by atoms with Gasteiger partial charge < -0.3 is 5.32 Å². The van der Waals surface area contributed by atoms with Crippen LogP contribution < -0.4 is 5.32 Å². The molecule has 2 unspecified atom stereocenters.